The summed E-state index contributed by atoms with van der Waals surface area (Å²) in [7, 11) is 0. The Balaban J connectivity index is 3.22. The Morgan fingerprint density at radius 2 is 1.95 bits per heavy atom. The number of halogens is 1. The van der Waals surface area contributed by atoms with Crippen molar-refractivity contribution in [1.29, 1.82) is 0 Å². The standard InChI is InChI=1S/C20H31ClO/c1-14(2)8-9-20(12-16(5)21)18(22)11-17(10-15(3)4)13-19(20,6)7/h11,15H,1,5,8-10,12-13H2,2-4,6-7H3/t20-/m1/s1. The van der Waals surface area contributed by atoms with Crippen LogP contribution in [-0.4, -0.2) is 5.78 Å². The van der Waals surface area contributed by atoms with Gasteiger partial charge in [-0.3, -0.25) is 4.79 Å². The van der Waals surface area contributed by atoms with Gasteiger partial charge in [0.1, 0.15) is 0 Å². The highest BCUT2D eigenvalue weighted by Gasteiger charge is 2.51. The highest BCUT2D eigenvalue weighted by Crippen LogP contribution is 2.55. The monoisotopic (exact) mass is 322 g/mol. The van der Waals surface area contributed by atoms with Crippen molar-refractivity contribution < 1.29 is 4.79 Å². The Kier molecular flexibility index (Phi) is 6.27. The van der Waals surface area contributed by atoms with E-state index in [1.807, 2.05) is 13.0 Å². The summed E-state index contributed by atoms with van der Waals surface area (Å²) in [6, 6.07) is 0. The third-order valence-electron chi connectivity index (χ3n) is 4.91. The summed E-state index contributed by atoms with van der Waals surface area (Å²) >= 11 is 6.14. The van der Waals surface area contributed by atoms with Crippen LogP contribution >= 0.6 is 11.6 Å². The zero-order valence-electron chi connectivity index (χ0n) is 14.9. The third-order valence-corrected chi connectivity index (χ3v) is 5.05. The van der Waals surface area contributed by atoms with Gasteiger partial charge in [0.15, 0.2) is 5.78 Å². The molecular weight excluding hydrogens is 292 g/mol. The first kappa shape index (κ1) is 19.2. The van der Waals surface area contributed by atoms with Gasteiger partial charge in [-0.25, -0.2) is 0 Å². The molecule has 0 bridgehead atoms. The van der Waals surface area contributed by atoms with Crippen LogP contribution in [0, 0.1) is 16.7 Å². The number of allylic oxidation sites excluding steroid dienone is 4. The Hall–Kier alpha value is -0.820. The van der Waals surface area contributed by atoms with Crippen LogP contribution in [0.25, 0.3) is 0 Å². The second-order valence-corrected chi connectivity index (χ2v) is 8.59. The number of hydrogen-bond acceptors (Lipinski definition) is 1. The molecule has 0 N–H and O–H groups in total. The molecule has 2 heteroatoms. The lowest BCUT2D eigenvalue weighted by Crippen LogP contribution is -2.47. The quantitative estimate of drug-likeness (QED) is 0.493. The topological polar surface area (TPSA) is 17.1 Å². The van der Waals surface area contributed by atoms with Gasteiger partial charge < -0.3 is 0 Å². The van der Waals surface area contributed by atoms with E-state index in [0.717, 1.165) is 31.3 Å². The number of carbonyl (C=O) groups excluding carboxylic acids is 1. The van der Waals surface area contributed by atoms with Crippen LogP contribution in [0.15, 0.2) is 35.4 Å². The summed E-state index contributed by atoms with van der Waals surface area (Å²) < 4.78 is 0. The van der Waals surface area contributed by atoms with Crippen molar-refractivity contribution in [3.63, 3.8) is 0 Å². The summed E-state index contributed by atoms with van der Waals surface area (Å²) in [6.07, 6.45) is 6.05. The van der Waals surface area contributed by atoms with Gasteiger partial charge in [0.25, 0.3) is 0 Å². The second-order valence-electron chi connectivity index (χ2n) is 8.06. The molecule has 0 radical (unpaired) electrons. The van der Waals surface area contributed by atoms with E-state index in [1.165, 1.54) is 5.57 Å². The molecule has 0 saturated heterocycles. The Morgan fingerprint density at radius 1 is 1.36 bits per heavy atom. The molecule has 124 valence electrons. The minimum atomic E-state index is -0.453. The molecule has 1 atom stereocenters. The fourth-order valence-corrected chi connectivity index (χ4v) is 3.96. The number of rotatable bonds is 7. The van der Waals surface area contributed by atoms with E-state index in [-0.39, 0.29) is 11.2 Å². The van der Waals surface area contributed by atoms with E-state index in [1.54, 1.807) is 0 Å². The lowest BCUT2D eigenvalue weighted by Gasteiger charge is -2.49. The Morgan fingerprint density at radius 3 is 2.36 bits per heavy atom. The number of ketones is 1. The van der Waals surface area contributed by atoms with Crippen LogP contribution in [0.5, 0.6) is 0 Å². The molecule has 1 nitrogen and oxygen atoms in total. The van der Waals surface area contributed by atoms with E-state index in [0.29, 0.717) is 17.4 Å². The first-order chi connectivity index (χ1) is 10.00. The molecule has 22 heavy (non-hydrogen) atoms. The average molecular weight is 323 g/mol. The smallest absolute Gasteiger partial charge is 0.162 e. The van der Waals surface area contributed by atoms with Crippen LogP contribution in [0.1, 0.15) is 66.7 Å². The number of carbonyl (C=O) groups is 1. The molecule has 0 heterocycles. The van der Waals surface area contributed by atoms with E-state index in [2.05, 4.69) is 40.9 Å². The normalized spacial score (nSPS) is 24.3. The van der Waals surface area contributed by atoms with Crippen LogP contribution < -0.4 is 0 Å². The van der Waals surface area contributed by atoms with Crippen LogP contribution in [-0.2, 0) is 4.79 Å². The van der Waals surface area contributed by atoms with Crippen molar-refractivity contribution in [2.24, 2.45) is 16.7 Å². The molecule has 1 rings (SSSR count). The zero-order valence-corrected chi connectivity index (χ0v) is 15.6. The molecule has 0 aliphatic heterocycles. The van der Waals surface area contributed by atoms with Crippen LogP contribution in [0.4, 0.5) is 0 Å². The Labute approximate surface area is 141 Å². The Bertz CT molecular complexity index is 496. The van der Waals surface area contributed by atoms with Gasteiger partial charge in [-0.05, 0) is 56.4 Å². The van der Waals surface area contributed by atoms with Crippen molar-refractivity contribution in [2.75, 3.05) is 0 Å². The van der Waals surface area contributed by atoms with Crippen LogP contribution in [0.3, 0.4) is 0 Å². The van der Waals surface area contributed by atoms with E-state index in [4.69, 9.17) is 11.6 Å². The average Bonchev–Trinajstić information content (AvgIpc) is 2.30. The van der Waals surface area contributed by atoms with E-state index >= 15 is 0 Å². The molecule has 0 saturated carbocycles. The van der Waals surface area contributed by atoms with Gasteiger partial charge in [0, 0.05) is 10.4 Å². The third kappa shape index (κ3) is 4.35. The first-order valence-electron chi connectivity index (χ1n) is 8.22. The lowest BCUT2D eigenvalue weighted by atomic mass is 9.54. The minimum absolute atomic E-state index is 0.115. The van der Waals surface area contributed by atoms with Gasteiger partial charge in [-0.1, -0.05) is 57.0 Å². The van der Waals surface area contributed by atoms with Gasteiger partial charge in [0.2, 0.25) is 0 Å². The van der Waals surface area contributed by atoms with Crippen molar-refractivity contribution in [3.05, 3.63) is 35.4 Å². The molecule has 0 spiro atoms. The summed E-state index contributed by atoms with van der Waals surface area (Å²) in [4.78, 5) is 13.1. The van der Waals surface area contributed by atoms with Gasteiger partial charge in [-0.15, -0.1) is 6.58 Å². The van der Waals surface area contributed by atoms with Crippen molar-refractivity contribution in [3.8, 4) is 0 Å². The summed E-state index contributed by atoms with van der Waals surface area (Å²) in [5, 5.41) is 0.573. The molecule has 0 aromatic carbocycles. The summed E-state index contributed by atoms with van der Waals surface area (Å²) in [5.74, 6) is 0.795. The summed E-state index contributed by atoms with van der Waals surface area (Å²) in [5.41, 5.74) is 1.82. The largest absolute Gasteiger partial charge is 0.294 e. The zero-order chi connectivity index (χ0) is 17.1. The minimum Gasteiger partial charge on any atom is -0.294 e. The predicted molar refractivity (Wildman–Crippen MR) is 97.0 cm³/mol. The molecular formula is C20H31ClO. The highest BCUT2D eigenvalue weighted by molar-refractivity contribution is 6.29. The van der Waals surface area contributed by atoms with Gasteiger partial charge in [0.05, 0.1) is 0 Å². The maximum atomic E-state index is 13.1. The van der Waals surface area contributed by atoms with Gasteiger partial charge in [-0.2, -0.15) is 0 Å². The maximum absolute atomic E-state index is 13.1. The summed E-state index contributed by atoms with van der Waals surface area (Å²) in [6.45, 7) is 18.7. The fourth-order valence-electron chi connectivity index (χ4n) is 3.73. The predicted octanol–water partition coefficient (Wildman–Crippen LogP) is 6.44. The maximum Gasteiger partial charge on any atom is 0.162 e. The fraction of sp³-hybridized carbons (Fsp3) is 0.650. The highest BCUT2D eigenvalue weighted by atomic mass is 35.5. The molecule has 0 amide bonds. The number of hydrogen-bond donors (Lipinski definition) is 0. The second kappa shape index (κ2) is 7.17. The van der Waals surface area contributed by atoms with Crippen LogP contribution in [0.2, 0.25) is 0 Å². The molecule has 0 aromatic rings. The molecule has 0 fully saturated rings. The van der Waals surface area contributed by atoms with Crippen molar-refractivity contribution in [1.82, 2.24) is 0 Å². The lowest BCUT2D eigenvalue weighted by molar-refractivity contribution is -0.132. The van der Waals surface area contributed by atoms with Gasteiger partial charge >= 0.3 is 0 Å². The molecule has 0 unspecified atom stereocenters. The van der Waals surface area contributed by atoms with Crippen molar-refractivity contribution in [2.45, 2.75) is 66.7 Å². The van der Waals surface area contributed by atoms with E-state index < -0.39 is 5.41 Å². The molecule has 1 aliphatic carbocycles. The SMILES string of the molecule is C=C(C)CC[C@@]1(CC(=C)Cl)C(=O)C=C(CC(C)C)CC1(C)C. The van der Waals surface area contributed by atoms with E-state index in [9.17, 15) is 4.79 Å². The first-order valence-corrected chi connectivity index (χ1v) is 8.59. The molecule has 1 aliphatic rings. The van der Waals surface area contributed by atoms with Crippen molar-refractivity contribution >= 4 is 17.4 Å². The molecule has 0 aromatic heterocycles.